The summed E-state index contributed by atoms with van der Waals surface area (Å²) in [6, 6.07) is 4.14. The van der Waals surface area contributed by atoms with E-state index < -0.39 is 24.2 Å². The maximum atomic E-state index is 12.6. The van der Waals surface area contributed by atoms with E-state index in [1.54, 1.807) is 17.0 Å². The van der Waals surface area contributed by atoms with Gasteiger partial charge in [-0.2, -0.15) is 13.2 Å². The Kier molecular flexibility index (Phi) is 5.34. The van der Waals surface area contributed by atoms with Crippen LogP contribution in [0.15, 0.2) is 18.2 Å². The van der Waals surface area contributed by atoms with Gasteiger partial charge in [0, 0.05) is 19.3 Å². The molecule has 2 amide bonds. The molecule has 1 aliphatic heterocycles. The number of amides is 2. The van der Waals surface area contributed by atoms with Crippen LogP contribution in [-0.4, -0.2) is 42.5 Å². The Morgan fingerprint density at radius 1 is 1.32 bits per heavy atom. The highest BCUT2D eigenvalue weighted by molar-refractivity contribution is 5.99. The van der Waals surface area contributed by atoms with Crippen LogP contribution in [0.1, 0.15) is 30.0 Å². The summed E-state index contributed by atoms with van der Waals surface area (Å²) in [7, 11) is 1.17. The van der Waals surface area contributed by atoms with Gasteiger partial charge in [-0.15, -0.1) is 12.4 Å². The zero-order valence-electron chi connectivity index (χ0n) is 13.5. The minimum Gasteiger partial charge on any atom is -0.331 e. The lowest BCUT2D eigenvalue weighted by Gasteiger charge is -2.26. The lowest BCUT2D eigenvalue weighted by atomic mass is 10.1. The first-order chi connectivity index (χ1) is 11.2. The van der Waals surface area contributed by atoms with Gasteiger partial charge in [0.2, 0.25) is 5.91 Å². The number of nitrogens with zero attached hydrogens (tertiary/aromatic N) is 2. The standard InChI is InChI=1S/C16H18F3N3O2.ClH/c1-21(15(24)16(17,18)19)13-5-2-9-8-10(3-4-11(9)13)22-7-6-12(20)14(22)23;/h3-4,8,12-13H,2,5-7,20H2,1H3;1H/t12-,13?;/m0./s1. The first kappa shape index (κ1) is 19.5. The van der Waals surface area contributed by atoms with Gasteiger partial charge in [-0.3, -0.25) is 9.59 Å². The van der Waals surface area contributed by atoms with E-state index in [9.17, 15) is 22.8 Å². The smallest absolute Gasteiger partial charge is 0.331 e. The van der Waals surface area contributed by atoms with E-state index in [1.807, 2.05) is 6.07 Å². The molecular formula is C16H19ClF3N3O2. The van der Waals surface area contributed by atoms with Gasteiger partial charge < -0.3 is 15.5 Å². The van der Waals surface area contributed by atoms with Gasteiger partial charge in [0.05, 0.1) is 12.1 Å². The van der Waals surface area contributed by atoms with E-state index in [1.165, 1.54) is 7.05 Å². The number of alkyl halides is 3. The number of benzene rings is 1. The summed E-state index contributed by atoms with van der Waals surface area (Å²) in [6.45, 7) is 0.536. The molecule has 0 aromatic heterocycles. The Morgan fingerprint density at radius 2 is 2.00 bits per heavy atom. The molecule has 5 nitrogen and oxygen atoms in total. The molecule has 25 heavy (non-hydrogen) atoms. The van der Waals surface area contributed by atoms with Gasteiger partial charge in [-0.25, -0.2) is 0 Å². The van der Waals surface area contributed by atoms with Crippen molar-refractivity contribution >= 4 is 29.9 Å². The average Bonchev–Trinajstić information content (AvgIpc) is 3.09. The molecule has 1 fully saturated rings. The molecule has 0 saturated carbocycles. The minimum absolute atomic E-state index is 0. The number of carbonyl (C=O) groups excluding carboxylic acids is 2. The number of fused-ring (bicyclic) bond motifs is 1. The predicted octanol–water partition coefficient (Wildman–Crippen LogP) is 2.18. The average molecular weight is 378 g/mol. The fourth-order valence-corrected chi connectivity index (χ4v) is 3.45. The molecule has 1 unspecified atom stereocenters. The molecule has 0 bridgehead atoms. The Labute approximate surface area is 149 Å². The van der Waals surface area contributed by atoms with Crippen molar-refractivity contribution in [2.75, 3.05) is 18.5 Å². The molecule has 2 atom stereocenters. The van der Waals surface area contributed by atoms with E-state index >= 15 is 0 Å². The quantitative estimate of drug-likeness (QED) is 0.859. The normalized spacial score (nSPS) is 22.6. The Morgan fingerprint density at radius 3 is 2.56 bits per heavy atom. The Hall–Kier alpha value is -1.80. The maximum Gasteiger partial charge on any atom is 0.471 e. The molecule has 138 valence electrons. The summed E-state index contributed by atoms with van der Waals surface area (Å²) in [4.78, 5) is 25.8. The van der Waals surface area contributed by atoms with E-state index in [4.69, 9.17) is 5.73 Å². The van der Waals surface area contributed by atoms with Gasteiger partial charge in [0.25, 0.3) is 0 Å². The van der Waals surface area contributed by atoms with Gasteiger partial charge in [0.1, 0.15) is 0 Å². The summed E-state index contributed by atoms with van der Waals surface area (Å²) >= 11 is 0. The summed E-state index contributed by atoms with van der Waals surface area (Å²) in [5, 5.41) is 0. The first-order valence-electron chi connectivity index (χ1n) is 7.74. The van der Waals surface area contributed by atoms with Crippen LogP contribution in [0.3, 0.4) is 0 Å². The molecule has 1 aromatic rings. The van der Waals surface area contributed by atoms with Crippen molar-refractivity contribution in [1.82, 2.24) is 4.90 Å². The molecule has 1 saturated heterocycles. The number of hydrogen-bond donors (Lipinski definition) is 1. The number of aryl methyl sites for hydroxylation is 1. The largest absolute Gasteiger partial charge is 0.471 e. The van der Waals surface area contributed by atoms with Gasteiger partial charge in [-0.1, -0.05) is 6.07 Å². The third-order valence-corrected chi connectivity index (χ3v) is 4.76. The number of carbonyl (C=O) groups is 2. The molecule has 1 aliphatic carbocycles. The maximum absolute atomic E-state index is 12.6. The number of rotatable bonds is 2. The van der Waals surface area contributed by atoms with Crippen LogP contribution in [0.4, 0.5) is 18.9 Å². The van der Waals surface area contributed by atoms with Crippen molar-refractivity contribution in [3.63, 3.8) is 0 Å². The molecule has 3 rings (SSSR count). The second-order valence-corrected chi connectivity index (χ2v) is 6.24. The third-order valence-electron chi connectivity index (χ3n) is 4.76. The molecule has 2 N–H and O–H groups in total. The van der Waals surface area contributed by atoms with Crippen molar-refractivity contribution in [3.8, 4) is 0 Å². The van der Waals surface area contributed by atoms with Crippen molar-refractivity contribution < 1.29 is 22.8 Å². The van der Waals surface area contributed by atoms with Gasteiger partial charge >= 0.3 is 12.1 Å². The minimum atomic E-state index is -4.88. The van der Waals surface area contributed by atoms with Crippen LogP contribution in [0.5, 0.6) is 0 Å². The number of anilines is 1. The molecule has 1 heterocycles. The molecule has 2 aliphatic rings. The highest BCUT2D eigenvalue weighted by atomic mass is 35.5. The Balaban J connectivity index is 0.00000225. The fourth-order valence-electron chi connectivity index (χ4n) is 3.45. The van der Waals surface area contributed by atoms with Crippen LogP contribution < -0.4 is 10.6 Å². The van der Waals surface area contributed by atoms with E-state index in [2.05, 4.69) is 0 Å². The van der Waals surface area contributed by atoms with Crippen LogP contribution in [-0.2, 0) is 16.0 Å². The van der Waals surface area contributed by atoms with Crippen molar-refractivity contribution in [3.05, 3.63) is 29.3 Å². The molecule has 9 heteroatoms. The number of nitrogens with two attached hydrogens (primary N) is 1. The van der Waals surface area contributed by atoms with Crippen molar-refractivity contribution in [2.45, 2.75) is 37.5 Å². The zero-order chi connectivity index (χ0) is 17.6. The fraction of sp³-hybridized carbons (Fsp3) is 0.500. The number of hydrogen-bond acceptors (Lipinski definition) is 3. The van der Waals surface area contributed by atoms with Crippen LogP contribution in [0.25, 0.3) is 0 Å². The van der Waals surface area contributed by atoms with Gasteiger partial charge in [0.15, 0.2) is 0 Å². The zero-order valence-corrected chi connectivity index (χ0v) is 14.4. The van der Waals surface area contributed by atoms with Crippen molar-refractivity contribution in [1.29, 1.82) is 0 Å². The van der Waals surface area contributed by atoms with Gasteiger partial charge in [-0.05, 0) is 42.5 Å². The first-order valence-corrected chi connectivity index (χ1v) is 7.74. The second-order valence-electron chi connectivity index (χ2n) is 6.24. The molecule has 0 spiro atoms. The third kappa shape index (κ3) is 3.46. The SMILES string of the molecule is CN(C(=O)C(F)(F)F)C1CCc2cc(N3CC[C@H](N)C3=O)ccc21.Cl. The van der Waals surface area contributed by atoms with E-state index in [0.29, 0.717) is 37.1 Å². The monoisotopic (exact) mass is 377 g/mol. The Bertz CT molecular complexity index is 696. The second kappa shape index (κ2) is 6.84. The summed E-state index contributed by atoms with van der Waals surface area (Å²) in [6.07, 6.45) is -3.29. The topological polar surface area (TPSA) is 66.6 Å². The van der Waals surface area contributed by atoms with E-state index in [-0.39, 0.29) is 18.3 Å². The van der Waals surface area contributed by atoms with Crippen LogP contribution in [0.2, 0.25) is 0 Å². The summed E-state index contributed by atoms with van der Waals surface area (Å²) in [5.41, 5.74) is 7.99. The lowest BCUT2D eigenvalue weighted by molar-refractivity contribution is -0.186. The number of halogens is 4. The molecular weight excluding hydrogens is 359 g/mol. The molecule has 1 aromatic carbocycles. The lowest BCUT2D eigenvalue weighted by Crippen LogP contribution is -2.40. The van der Waals surface area contributed by atoms with Crippen LogP contribution in [0, 0.1) is 0 Å². The summed E-state index contributed by atoms with van der Waals surface area (Å²) in [5.74, 6) is -1.99. The van der Waals surface area contributed by atoms with E-state index in [0.717, 1.165) is 10.5 Å². The highest BCUT2D eigenvalue weighted by Crippen LogP contribution is 2.39. The molecule has 0 radical (unpaired) electrons. The predicted molar refractivity (Wildman–Crippen MR) is 88.5 cm³/mol. The van der Waals surface area contributed by atoms with Crippen molar-refractivity contribution in [2.24, 2.45) is 5.73 Å². The summed E-state index contributed by atoms with van der Waals surface area (Å²) < 4.78 is 37.9. The highest BCUT2D eigenvalue weighted by Gasteiger charge is 2.44. The van der Waals surface area contributed by atoms with Crippen LogP contribution >= 0.6 is 12.4 Å².